The molecule has 2 heterocycles. The summed E-state index contributed by atoms with van der Waals surface area (Å²) >= 11 is 3.37. The van der Waals surface area contributed by atoms with Crippen molar-refractivity contribution >= 4 is 48.7 Å². The number of hydrogen-bond donors (Lipinski definition) is 2. The first-order valence-electron chi connectivity index (χ1n) is 9.65. The van der Waals surface area contributed by atoms with Gasteiger partial charge in [0.05, 0.1) is 6.54 Å². The van der Waals surface area contributed by atoms with Crippen molar-refractivity contribution in [2.24, 2.45) is 0 Å². The van der Waals surface area contributed by atoms with Gasteiger partial charge in [0.2, 0.25) is 5.16 Å². The van der Waals surface area contributed by atoms with E-state index in [0.717, 1.165) is 14.6 Å². The van der Waals surface area contributed by atoms with E-state index in [2.05, 4.69) is 25.9 Å². The van der Waals surface area contributed by atoms with Crippen LogP contribution in [0.1, 0.15) is 25.8 Å². The molecule has 3 aromatic rings. The average Bonchev–Trinajstić information content (AvgIpc) is 3.01. The minimum Gasteiger partial charge on any atom is -0.382 e. The Balaban J connectivity index is 2.32. The molecule has 3 N–H and O–H groups in total. The van der Waals surface area contributed by atoms with Crippen LogP contribution in [0.15, 0.2) is 38.7 Å². The third kappa shape index (κ3) is 4.35. The van der Waals surface area contributed by atoms with E-state index in [0.29, 0.717) is 13.0 Å². The molecule has 0 saturated heterocycles. The quantitative estimate of drug-likeness (QED) is 0.489. The van der Waals surface area contributed by atoms with Crippen LogP contribution in [0.4, 0.5) is 10.6 Å². The zero-order valence-electron chi connectivity index (χ0n) is 17.5. The van der Waals surface area contributed by atoms with Crippen LogP contribution in [0.3, 0.4) is 0 Å². The van der Waals surface area contributed by atoms with Crippen LogP contribution in [0.5, 0.6) is 0 Å². The number of nitrogens with one attached hydrogen (secondary N) is 1. The summed E-state index contributed by atoms with van der Waals surface area (Å²) in [6, 6.07) is 6.77. The Hall–Kier alpha value is -2.73. The van der Waals surface area contributed by atoms with E-state index in [-0.39, 0.29) is 34.4 Å². The lowest BCUT2D eigenvalue weighted by molar-refractivity contribution is 0.210. The van der Waals surface area contributed by atoms with Crippen LogP contribution >= 0.6 is 15.9 Å². The van der Waals surface area contributed by atoms with Crippen molar-refractivity contribution in [2.45, 2.75) is 32.0 Å². The maximum Gasteiger partial charge on any atom is 0.339 e. The molecule has 31 heavy (non-hydrogen) atoms. The van der Waals surface area contributed by atoms with Gasteiger partial charge in [0.25, 0.3) is 0 Å². The Kier molecular flexibility index (Phi) is 6.51. The number of halogens is 1. The number of nitrogens with zero attached hydrogens (tertiary/aromatic N) is 5. The molecule has 0 fully saturated rings. The van der Waals surface area contributed by atoms with E-state index < -0.39 is 21.4 Å². The molecule has 0 aliphatic heterocycles. The molecule has 12 heteroatoms. The molecule has 166 valence electrons. The first kappa shape index (κ1) is 22.9. The predicted molar refractivity (Wildman–Crippen MR) is 123 cm³/mol. The highest BCUT2D eigenvalue weighted by Gasteiger charge is 2.27. The molecule has 2 aromatic heterocycles. The summed E-state index contributed by atoms with van der Waals surface area (Å²) in [5, 5.41) is -0.254. The lowest BCUT2D eigenvalue weighted by Crippen LogP contribution is -2.38. The van der Waals surface area contributed by atoms with Crippen LogP contribution in [0, 0.1) is 4.78 Å². The second-order valence-electron chi connectivity index (χ2n) is 7.06. The lowest BCUT2D eigenvalue weighted by Gasteiger charge is -2.16. The fourth-order valence-electron chi connectivity index (χ4n) is 3.12. The molecule has 0 spiro atoms. The van der Waals surface area contributed by atoms with Crippen molar-refractivity contribution in [3.63, 3.8) is 0 Å². The van der Waals surface area contributed by atoms with Crippen molar-refractivity contribution in [3.05, 3.63) is 44.8 Å². The number of fused-ring (bicyclic) bond motifs is 1. The number of imidazole rings is 1. The molecule has 1 aromatic carbocycles. The second-order valence-corrected chi connectivity index (χ2v) is 10.3. The Bertz CT molecular complexity index is 1300. The Morgan fingerprint density at radius 3 is 2.48 bits per heavy atom. The molecular formula is C19H24BrN7O3S. The van der Waals surface area contributed by atoms with Gasteiger partial charge in [-0.3, -0.25) is 4.57 Å². The van der Waals surface area contributed by atoms with E-state index in [4.69, 9.17) is 10.5 Å². The number of amides is 1. The van der Waals surface area contributed by atoms with Crippen LogP contribution in [-0.4, -0.2) is 53.6 Å². The van der Waals surface area contributed by atoms with Gasteiger partial charge in [-0.1, -0.05) is 41.9 Å². The van der Waals surface area contributed by atoms with Gasteiger partial charge in [-0.25, -0.2) is 28.1 Å². The first-order valence-corrected chi connectivity index (χ1v) is 12.2. The topological polar surface area (TPSA) is 140 Å². The van der Waals surface area contributed by atoms with Gasteiger partial charge in [-0.2, -0.15) is 4.98 Å². The van der Waals surface area contributed by atoms with E-state index in [9.17, 15) is 13.8 Å². The fourth-order valence-corrected chi connectivity index (χ4v) is 4.12. The van der Waals surface area contributed by atoms with Gasteiger partial charge >= 0.3 is 11.7 Å². The number of carbonyl (C=O) groups excluding carboxylic acids is 1. The second kappa shape index (κ2) is 8.79. The summed E-state index contributed by atoms with van der Waals surface area (Å²) in [6.45, 7) is 4.06. The zero-order chi connectivity index (χ0) is 22.9. The third-order valence-electron chi connectivity index (χ3n) is 4.81. The number of benzene rings is 1. The smallest absolute Gasteiger partial charge is 0.339 e. The Labute approximate surface area is 188 Å². The minimum absolute atomic E-state index is 0.00618. The van der Waals surface area contributed by atoms with E-state index in [1.54, 1.807) is 14.0 Å². The largest absolute Gasteiger partial charge is 0.382 e. The van der Waals surface area contributed by atoms with Gasteiger partial charge in [-0.15, -0.1) is 0 Å². The van der Waals surface area contributed by atoms with Crippen molar-refractivity contribution in [3.8, 4) is 0 Å². The van der Waals surface area contributed by atoms with Crippen LogP contribution < -0.4 is 11.4 Å². The van der Waals surface area contributed by atoms with Gasteiger partial charge in [-0.05, 0) is 24.1 Å². The van der Waals surface area contributed by atoms with Crippen LogP contribution in [-0.2, 0) is 16.3 Å². The number of aromatic nitrogens is 4. The highest BCUT2D eigenvalue weighted by molar-refractivity contribution is 9.10. The molecule has 0 radical (unpaired) electrons. The number of anilines is 1. The summed E-state index contributed by atoms with van der Waals surface area (Å²) in [5.41, 5.74) is 6.39. The van der Waals surface area contributed by atoms with Crippen molar-refractivity contribution in [1.82, 2.24) is 24.0 Å². The summed E-state index contributed by atoms with van der Waals surface area (Å²) in [5.74, 6) is -0.174. The summed E-state index contributed by atoms with van der Waals surface area (Å²) in [7, 11) is -1.69. The van der Waals surface area contributed by atoms with E-state index in [1.165, 1.54) is 9.47 Å². The monoisotopic (exact) mass is 509 g/mol. The highest BCUT2D eigenvalue weighted by Crippen LogP contribution is 2.22. The fraction of sp³-hybridized carbons (Fsp3) is 0.368. The number of nitrogens with two attached hydrogens (primary N) is 1. The van der Waals surface area contributed by atoms with E-state index in [1.807, 2.05) is 31.2 Å². The number of rotatable bonds is 6. The summed E-state index contributed by atoms with van der Waals surface area (Å²) in [6.07, 6.45) is 0.710. The Morgan fingerprint density at radius 2 is 1.90 bits per heavy atom. The minimum atomic E-state index is -3.28. The standard InChI is InChI=1S/C19H24BrN7O3S/c1-4-10-25(3)18(28)27-14-15(21)23-17(31(22,30)5-2)24-16(14)26(19(27)29)11-12-6-8-13(20)9-7-12/h6-9,22H,4-5,10-11H2,1-3H3,(H2,21,23,24). The molecule has 3 rings (SSSR count). The highest BCUT2D eigenvalue weighted by atomic mass is 79.9. The number of carbonyl (C=O) groups is 1. The lowest BCUT2D eigenvalue weighted by atomic mass is 10.2. The van der Waals surface area contributed by atoms with Gasteiger partial charge in [0, 0.05) is 23.8 Å². The van der Waals surface area contributed by atoms with Crippen molar-refractivity contribution in [1.29, 1.82) is 4.78 Å². The molecule has 1 atom stereocenters. The number of hydrogen-bond acceptors (Lipinski definition) is 7. The average molecular weight is 510 g/mol. The van der Waals surface area contributed by atoms with Gasteiger partial charge < -0.3 is 10.6 Å². The molecule has 10 nitrogen and oxygen atoms in total. The summed E-state index contributed by atoms with van der Waals surface area (Å²) in [4.78, 5) is 36.1. The Morgan fingerprint density at radius 1 is 1.26 bits per heavy atom. The zero-order valence-corrected chi connectivity index (χ0v) is 19.9. The molecule has 0 bridgehead atoms. The maximum atomic E-state index is 13.3. The first-order chi connectivity index (χ1) is 14.6. The maximum absolute atomic E-state index is 13.3. The van der Waals surface area contributed by atoms with Gasteiger partial charge in [0.15, 0.2) is 11.5 Å². The molecule has 1 amide bonds. The van der Waals surface area contributed by atoms with Crippen LogP contribution in [0.25, 0.3) is 11.2 Å². The SMILES string of the molecule is CCCN(C)C(=O)n1c(=O)n(Cc2ccc(Br)cc2)c2nc(S(=N)(=O)CC)nc(N)c21. The molecular weight excluding hydrogens is 486 g/mol. The molecule has 0 saturated carbocycles. The summed E-state index contributed by atoms with van der Waals surface area (Å²) < 4.78 is 23.8. The molecule has 1 unspecified atom stereocenters. The van der Waals surface area contributed by atoms with Crippen molar-refractivity contribution < 1.29 is 9.00 Å². The van der Waals surface area contributed by atoms with Crippen molar-refractivity contribution in [2.75, 3.05) is 25.1 Å². The van der Waals surface area contributed by atoms with E-state index >= 15 is 0 Å². The molecule has 0 aliphatic rings. The third-order valence-corrected chi connectivity index (χ3v) is 6.92. The molecule has 0 aliphatic carbocycles. The normalized spacial score (nSPS) is 13.3. The number of nitrogen functional groups attached to an aromatic ring is 1. The van der Waals surface area contributed by atoms with Gasteiger partial charge in [0.1, 0.15) is 15.2 Å². The predicted octanol–water partition coefficient (Wildman–Crippen LogP) is 2.72. The van der Waals surface area contributed by atoms with Crippen LogP contribution in [0.2, 0.25) is 0 Å².